The predicted octanol–water partition coefficient (Wildman–Crippen LogP) is 3.51. The fraction of sp³-hybridized carbons (Fsp3) is 0.118. The highest BCUT2D eigenvalue weighted by molar-refractivity contribution is 6.20. The van der Waals surface area contributed by atoms with E-state index in [9.17, 15) is 13.6 Å². The van der Waals surface area contributed by atoms with E-state index in [1.165, 1.54) is 18.3 Å². The Hall–Kier alpha value is -3.00. The maximum Gasteiger partial charge on any atom is 0.487 e. The Kier molecular flexibility index (Phi) is 4.60. The van der Waals surface area contributed by atoms with E-state index in [0.717, 1.165) is 11.1 Å². The molecule has 1 aromatic carbocycles. The number of rotatable bonds is 5. The van der Waals surface area contributed by atoms with Crippen LogP contribution in [0.25, 0.3) is 16.9 Å². The number of pyridine rings is 1. The predicted molar refractivity (Wildman–Crippen MR) is 91.5 cm³/mol. The number of hydrogen-bond donors (Lipinski definition) is 1. The van der Waals surface area contributed by atoms with Crippen LogP contribution >= 0.6 is 11.6 Å². The SMILES string of the molecule is Cc1nn(-c2ccc(C(N)=O)cn2)cc1-c1ccc(OC(F)(F)Cl)cc1. The Balaban J connectivity index is 1.87. The molecule has 0 bridgehead atoms. The van der Waals surface area contributed by atoms with Crippen molar-refractivity contribution in [2.75, 3.05) is 0 Å². The summed E-state index contributed by atoms with van der Waals surface area (Å²) in [5, 5.41) is 4.38. The van der Waals surface area contributed by atoms with E-state index in [2.05, 4.69) is 14.8 Å². The molecule has 0 saturated carbocycles. The molecule has 0 atom stereocenters. The Morgan fingerprint density at radius 3 is 2.46 bits per heavy atom. The van der Waals surface area contributed by atoms with Gasteiger partial charge in [0.05, 0.1) is 11.3 Å². The molecule has 134 valence electrons. The molecule has 0 aliphatic carbocycles. The number of ether oxygens (including phenoxy) is 1. The van der Waals surface area contributed by atoms with E-state index in [0.29, 0.717) is 17.1 Å². The number of aromatic nitrogens is 3. The fourth-order valence-electron chi connectivity index (χ4n) is 2.36. The summed E-state index contributed by atoms with van der Waals surface area (Å²) in [5.74, 6) is -0.111. The van der Waals surface area contributed by atoms with Crippen LogP contribution < -0.4 is 10.5 Å². The van der Waals surface area contributed by atoms with Crippen molar-refractivity contribution in [2.24, 2.45) is 5.73 Å². The maximum absolute atomic E-state index is 12.7. The van der Waals surface area contributed by atoms with Crippen molar-refractivity contribution < 1.29 is 18.3 Å². The average molecular weight is 379 g/mol. The van der Waals surface area contributed by atoms with Gasteiger partial charge in [0.2, 0.25) is 5.91 Å². The highest BCUT2D eigenvalue weighted by Crippen LogP contribution is 2.29. The van der Waals surface area contributed by atoms with Crippen LogP contribution in [0.1, 0.15) is 16.1 Å². The summed E-state index contributed by atoms with van der Waals surface area (Å²) in [5.41, 5.74) is 3.98. The molecule has 3 aromatic rings. The van der Waals surface area contributed by atoms with Crippen LogP contribution in [0.15, 0.2) is 48.8 Å². The van der Waals surface area contributed by atoms with Crippen LogP contribution in [-0.2, 0) is 0 Å². The van der Waals surface area contributed by atoms with Gasteiger partial charge in [0.15, 0.2) is 5.82 Å². The molecular formula is C17H13ClF2N4O2. The summed E-state index contributed by atoms with van der Waals surface area (Å²) in [6, 6.07) is 9.20. The second-order valence-corrected chi connectivity index (χ2v) is 5.85. The lowest BCUT2D eigenvalue weighted by Crippen LogP contribution is -2.15. The molecule has 0 aliphatic rings. The minimum Gasteiger partial charge on any atom is -0.420 e. The van der Waals surface area contributed by atoms with E-state index in [4.69, 9.17) is 17.3 Å². The van der Waals surface area contributed by atoms with Crippen LogP contribution in [0.5, 0.6) is 5.75 Å². The lowest BCUT2D eigenvalue weighted by Gasteiger charge is -2.10. The summed E-state index contributed by atoms with van der Waals surface area (Å²) >= 11 is 4.75. The summed E-state index contributed by atoms with van der Waals surface area (Å²) in [6.45, 7) is 1.81. The molecule has 0 fully saturated rings. The van der Waals surface area contributed by atoms with Crippen LogP contribution in [0.4, 0.5) is 8.78 Å². The summed E-state index contributed by atoms with van der Waals surface area (Å²) in [6.07, 6.45) is 3.11. The molecule has 0 spiro atoms. The van der Waals surface area contributed by atoms with Gasteiger partial charge < -0.3 is 10.5 Å². The lowest BCUT2D eigenvalue weighted by molar-refractivity contribution is -0.0964. The first-order valence-corrected chi connectivity index (χ1v) is 7.79. The zero-order chi connectivity index (χ0) is 18.9. The largest absolute Gasteiger partial charge is 0.487 e. The molecule has 3 rings (SSSR count). The van der Waals surface area contributed by atoms with E-state index in [1.54, 1.807) is 42.1 Å². The molecule has 0 unspecified atom stereocenters. The van der Waals surface area contributed by atoms with Crippen molar-refractivity contribution in [1.29, 1.82) is 0 Å². The highest BCUT2D eigenvalue weighted by Gasteiger charge is 2.27. The van der Waals surface area contributed by atoms with Crippen LogP contribution in [-0.4, -0.2) is 26.2 Å². The van der Waals surface area contributed by atoms with Crippen molar-refractivity contribution >= 4 is 17.5 Å². The first-order valence-electron chi connectivity index (χ1n) is 7.41. The highest BCUT2D eigenvalue weighted by atomic mass is 35.5. The fourth-order valence-corrected chi connectivity index (χ4v) is 2.45. The van der Waals surface area contributed by atoms with Gasteiger partial charge in [-0.05, 0) is 36.8 Å². The van der Waals surface area contributed by atoms with Gasteiger partial charge in [-0.2, -0.15) is 5.10 Å². The molecule has 2 aromatic heterocycles. The molecule has 6 nitrogen and oxygen atoms in total. The Bertz CT molecular complexity index is 935. The van der Waals surface area contributed by atoms with Crippen molar-refractivity contribution in [3.63, 3.8) is 0 Å². The monoisotopic (exact) mass is 378 g/mol. The van der Waals surface area contributed by atoms with Crippen molar-refractivity contribution in [3.05, 3.63) is 60.0 Å². The average Bonchev–Trinajstić information content (AvgIpc) is 2.96. The summed E-state index contributed by atoms with van der Waals surface area (Å²) < 4.78 is 31.2. The molecule has 2 heterocycles. The molecule has 0 saturated heterocycles. The van der Waals surface area contributed by atoms with E-state index >= 15 is 0 Å². The third kappa shape index (κ3) is 3.97. The lowest BCUT2D eigenvalue weighted by atomic mass is 10.1. The summed E-state index contributed by atoms with van der Waals surface area (Å²) in [7, 11) is 0. The number of halogens is 3. The van der Waals surface area contributed by atoms with Gasteiger partial charge in [0.25, 0.3) is 0 Å². The van der Waals surface area contributed by atoms with Gasteiger partial charge in [-0.3, -0.25) is 4.79 Å². The van der Waals surface area contributed by atoms with Crippen molar-refractivity contribution in [1.82, 2.24) is 14.8 Å². The number of amides is 1. The van der Waals surface area contributed by atoms with Crippen LogP contribution in [0.3, 0.4) is 0 Å². The zero-order valence-corrected chi connectivity index (χ0v) is 14.2. The number of carbonyl (C=O) groups excluding carboxylic acids is 1. The third-order valence-electron chi connectivity index (χ3n) is 3.56. The zero-order valence-electron chi connectivity index (χ0n) is 13.5. The smallest absolute Gasteiger partial charge is 0.420 e. The van der Waals surface area contributed by atoms with E-state index in [1.807, 2.05) is 0 Å². The quantitative estimate of drug-likeness (QED) is 0.689. The first kappa shape index (κ1) is 17.8. The number of primary amides is 1. The molecule has 0 radical (unpaired) electrons. The van der Waals surface area contributed by atoms with Crippen LogP contribution in [0.2, 0.25) is 0 Å². The number of nitrogens with two attached hydrogens (primary N) is 1. The van der Waals surface area contributed by atoms with Crippen LogP contribution in [0, 0.1) is 6.92 Å². The minimum atomic E-state index is -3.76. The summed E-state index contributed by atoms with van der Waals surface area (Å²) in [4.78, 5) is 15.3. The van der Waals surface area contributed by atoms with Gasteiger partial charge in [0.1, 0.15) is 5.75 Å². The number of hydrogen-bond acceptors (Lipinski definition) is 4. The van der Waals surface area contributed by atoms with Gasteiger partial charge in [0, 0.05) is 29.6 Å². The van der Waals surface area contributed by atoms with Gasteiger partial charge >= 0.3 is 5.57 Å². The number of alkyl halides is 3. The number of carbonyl (C=O) groups is 1. The maximum atomic E-state index is 12.7. The number of nitrogens with zero attached hydrogens (tertiary/aromatic N) is 3. The van der Waals surface area contributed by atoms with Crippen molar-refractivity contribution in [3.8, 4) is 22.7 Å². The molecule has 1 amide bonds. The second kappa shape index (κ2) is 6.72. The van der Waals surface area contributed by atoms with E-state index in [-0.39, 0.29) is 5.75 Å². The normalized spacial score (nSPS) is 11.4. The minimum absolute atomic E-state index is 0.0532. The Morgan fingerprint density at radius 2 is 1.92 bits per heavy atom. The molecule has 26 heavy (non-hydrogen) atoms. The number of benzene rings is 1. The van der Waals surface area contributed by atoms with Crippen molar-refractivity contribution in [2.45, 2.75) is 12.5 Å². The second-order valence-electron chi connectivity index (χ2n) is 5.41. The Morgan fingerprint density at radius 1 is 1.23 bits per heavy atom. The van der Waals surface area contributed by atoms with Gasteiger partial charge in [-0.1, -0.05) is 12.1 Å². The molecule has 2 N–H and O–H groups in total. The third-order valence-corrected chi connectivity index (χ3v) is 3.64. The first-order chi connectivity index (χ1) is 12.2. The number of aryl methyl sites for hydroxylation is 1. The topological polar surface area (TPSA) is 83.0 Å². The van der Waals surface area contributed by atoms with E-state index < -0.39 is 11.5 Å². The molecule has 9 heteroatoms. The standard InChI is InChI=1S/C17H13ClF2N4O2/c1-10-14(11-2-5-13(6-3-11)26-17(18,19)20)9-24(23-10)15-7-4-12(8-22-15)16(21)25/h2-9H,1H3,(H2,21,25). The molecule has 0 aliphatic heterocycles. The van der Waals surface area contributed by atoms with Gasteiger partial charge in [-0.15, -0.1) is 8.78 Å². The van der Waals surface area contributed by atoms with Gasteiger partial charge in [-0.25, -0.2) is 9.67 Å². The Labute approximate surface area is 152 Å². The molecular weight excluding hydrogens is 366 g/mol.